The Hall–Kier alpha value is -0.280. The zero-order chi connectivity index (χ0) is 12.1. The highest BCUT2D eigenvalue weighted by Gasteiger charge is 2.28. The summed E-state index contributed by atoms with van der Waals surface area (Å²) in [6.07, 6.45) is 5.44. The van der Waals surface area contributed by atoms with Gasteiger partial charge in [0.05, 0.1) is 0 Å². The van der Waals surface area contributed by atoms with Crippen LogP contribution in [0, 0.1) is 17.8 Å². The van der Waals surface area contributed by atoms with Crippen LogP contribution in [0.25, 0.3) is 0 Å². The van der Waals surface area contributed by atoms with E-state index in [-0.39, 0.29) is 11.8 Å². The van der Waals surface area contributed by atoms with Gasteiger partial charge in [-0.2, -0.15) is 0 Å². The van der Waals surface area contributed by atoms with Crippen molar-refractivity contribution in [2.24, 2.45) is 17.8 Å². The Kier molecular flexibility index (Phi) is 5.11. The van der Waals surface area contributed by atoms with Crippen molar-refractivity contribution in [3.63, 3.8) is 0 Å². The van der Waals surface area contributed by atoms with Crippen LogP contribution >= 0.6 is 11.6 Å². The van der Waals surface area contributed by atoms with E-state index in [1.807, 2.05) is 0 Å². The van der Waals surface area contributed by atoms with E-state index in [4.69, 9.17) is 16.3 Å². The molecular weight excluding hydrogens is 238 g/mol. The monoisotopic (exact) mass is 259 g/mol. The van der Waals surface area contributed by atoms with Gasteiger partial charge in [0.2, 0.25) is 5.91 Å². The normalized spacial score (nSPS) is 30.4. The van der Waals surface area contributed by atoms with Crippen molar-refractivity contribution in [1.82, 2.24) is 5.32 Å². The van der Waals surface area contributed by atoms with E-state index < -0.39 is 0 Å². The van der Waals surface area contributed by atoms with E-state index in [9.17, 15) is 4.79 Å². The maximum absolute atomic E-state index is 12.0. The van der Waals surface area contributed by atoms with E-state index in [0.29, 0.717) is 11.8 Å². The van der Waals surface area contributed by atoms with Gasteiger partial charge in [0.25, 0.3) is 0 Å². The third-order valence-corrected chi connectivity index (χ3v) is 4.54. The Bertz CT molecular complexity index is 254. The number of hydrogen-bond donors (Lipinski definition) is 1. The number of nitrogens with one attached hydrogen (secondary N) is 1. The lowest BCUT2D eigenvalue weighted by molar-refractivity contribution is -0.128. The average molecular weight is 260 g/mol. The quantitative estimate of drug-likeness (QED) is 0.786. The summed E-state index contributed by atoms with van der Waals surface area (Å²) in [5.41, 5.74) is 0. The lowest BCUT2D eigenvalue weighted by Crippen LogP contribution is -2.37. The molecule has 2 atom stereocenters. The fourth-order valence-electron chi connectivity index (χ4n) is 2.92. The zero-order valence-corrected chi connectivity index (χ0v) is 11.0. The molecule has 2 fully saturated rings. The molecule has 0 spiro atoms. The number of rotatable bonds is 4. The van der Waals surface area contributed by atoms with Crippen molar-refractivity contribution in [2.45, 2.75) is 32.1 Å². The molecular formula is C13H22ClNO2. The van der Waals surface area contributed by atoms with Crippen molar-refractivity contribution in [3.05, 3.63) is 0 Å². The zero-order valence-electron chi connectivity index (χ0n) is 10.3. The van der Waals surface area contributed by atoms with E-state index in [2.05, 4.69) is 5.32 Å². The van der Waals surface area contributed by atoms with Gasteiger partial charge >= 0.3 is 0 Å². The second-order valence-corrected chi connectivity index (χ2v) is 5.55. The highest BCUT2D eigenvalue weighted by Crippen LogP contribution is 2.32. The Morgan fingerprint density at radius 3 is 2.59 bits per heavy atom. The highest BCUT2D eigenvalue weighted by molar-refractivity contribution is 6.18. The van der Waals surface area contributed by atoms with Crippen LogP contribution < -0.4 is 5.32 Å². The first kappa shape index (κ1) is 13.2. The summed E-state index contributed by atoms with van der Waals surface area (Å²) in [6.45, 7) is 2.27. The number of hydrogen-bond acceptors (Lipinski definition) is 2. The molecule has 0 aromatic heterocycles. The van der Waals surface area contributed by atoms with Gasteiger partial charge in [0.1, 0.15) is 0 Å². The minimum Gasteiger partial charge on any atom is -0.381 e. The second kappa shape index (κ2) is 6.60. The lowest BCUT2D eigenvalue weighted by atomic mass is 9.96. The first-order chi connectivity index (χ1) is 8.31. The molecule has 1 N–H and O–H groups in total. The molecule has 17 heavy (non-hydrogen) atoms. The number of ether oxygens (including phenoxy) is 1. The molecule has 1 aliphatic carbocycles. The number of carbonyl (C=O) groups is 1. The molecule has 0 radical (unpaired) electrons. The molecule has 0 bridgehead atoms. The fourth-order valence-corrected chi connectivity index (χ4v) is 3.33. The molecule has 1 heterocycles. The van der Waals surface area contributed by atoms with Crippen LogP contribution in [-0.2, 0) is 9.53 Å². The standard InChI is InChI=1S/C13H22ClNO2/c14-8-11-2-1-3-12(11)9-15-13(16)10-4-6-17-7-5-10/h10-12H,1-9H2,(H,15,16). The summed E-state index contributed by atoms with van der Waals surface area (Å²) in [6, 6.07) is 0. The number of halogens is 1. The van der Waals surface area contributed by atoms with Gasteiger partial charge in [0.15, 0.2) is 0 Å². The summed E-state index contributed by atoms with van der Waals surface area (Å²) >= 11 is 5.94. The highest BCUT2D eigenvalue weighted by atomic mass is 35.5. The Balaban J connectivity index is 1.71. The molecule has 1 amide bonds. The first-order valence-electron chi connectivity index (χ1n) is 6.72. The third-order valence-electron chi connectivity index (χ3n) is 4.15. The minimum absolute atomic E-state index is 0.166. The summed E-state index contributed by atoms with van der Waals surface area (Å²) < 4.78 is 5.26. The molecule has 2 unspecified atom stereocenters. The molecule has 3 nitrogen and oxygen atoms in total. The smallest absolute Gasteiger partial charge is 0.223 e. The maximum Gasteiger partial charge on any atom is 0.223 e. The van der Waals surface area contributed by atoms with Gasteiger partial charge in [-0.1, -0.05) is 6.42 Å². The largest absolute Gasteiger partial charge is 0.381 e. The van der Waals surface area contributed by atoms with Gasteiger partial charge in [-0.15, -0.1) is 11.6 Å². The molecule has 98 valence electrons. The second-order valence-electron chi connectivity index (χ2n) is 5.24. The van der Waals surface area contributed by atoms with Gasteiger partial charge in [-0.3, -0.25) is 4.79 Å². The van der Waals surface area contributed by atoms with Gasteiger partial charge in [0, 0.05) is 31.6 Å². The lowest BCUT2D eigenvalue weighted by Gasteiger charge is -2.23. The SMILES string of the molecule is O=C(NCC1CCCC1CCl)C1CCOCC1. The predicted molar refractivity (Wildman–Crippen MR) is 68.1 cm³/mol. The summed E-state index contributed by atoms with van der Waals surface area (Å²) in [4.78, 5) is 12.0. The first-order valence-corrected chi connectivity index (χ1v) is 7.26. The predicted octanol–water partition coefficient (Wildman–Crippen LogP) is 2.18. The van der Waals surface area contributed by atoms with E-state index in [0.717, 1.165) is 38.5 Å². The van der Waals surface area contributed by atoms with Crippen molar-refractivity contribution in [3.8, 4) is 0 Å². The van der Waals surface area contributed by atoms with Crippen LogP contribution in [0.1, 0.15) is 32.1 Å². The fraction of sp³-hybridized carbons (Fsp3) is 0.923. The molecule has 4 heteroatoms. The molecule has 0 aromatic rings. The van der Waals surface area contributed by atoms with Crippen LogP contribution in [-0.4, -0.2) is 31.5 Å². The average Bonchev–Trinajstić information content (AvgIpc) is 2.84. The maximum atomic E-state index is 12.0. The number of amides is 1. The van der Waals surface area contributed by atoms with Crippen molar-refractivity contribution in [1.29, 1.82) is 0 Å². The Labute approximate surface area is 108 Å². The van der Waals surface area contributed by atoms with Gasteiger partial charge in [-0.25, -0.2) is 0 Å². The molecule has 0 aromatic carbocycles. The topological polar surface area (TPSA) is 38.3 Å². The Morgan fingerprint density at radius 1 is 1.18 bits per heavy atom. The summed E-state index contributed by atoms with van der Waals surface area (Å²) in [5, 5.41) is 3.11. The summed E-state index contributed by atoms with van der Waals surface area (Å²) in [7, 11) is 0. The van der Waals surface area contributed by atoms with Gasteiger partial charge in [-0.05, 0) is 37.5 Å². The van der Waals surface area contributed by atoms with E-state index in [1.54, 1.807) is 0 Å². The molecule has 2 aliphatic rings. The van der Waals surface area contributed by atoms with Crippen molar-refractivity contribution < 1.29 is 9.53 Å². The van der Waals surface area contributed by atoms with Crippen LogP contribution in [0.3, 0.4) is 0 Å². The number of carbonyl (C=O) groups excluding carboxylic acids is 1. The molecule has 1 aliphatic heterocycles. The number of alkyl halides is 1. The van der Waals surface area contributed by atoms with E-state index >= 15 is 0 Å². The Morgan fingerprint density at radius 2 is 1.88 bits per heavy atom. The third kappa shape index (κ3) is 3.59. The van der Waals surface area contributed by atoms with Crippen molar-refractivity contribution >= 4 is 17.5 Å². The van der Waals surface area contributed by atoms with Crippen LogP contribution in [0.15, 0.2) is 0 Å². The van der Waals surface area contributed by atoms with E-state index in [1.165, 1.54) is 19.3 Å². The van der Waals surface area contributed by atoms with Crippen molar-refractivity contribution in [2.75, 3.05) is 25.6 Å². The molecule has 2 rings (SSSR count). The summed E-state index contributed by atoms with van der Waals surface area (Å²) in [5.74, 6) is 2.31. The molecule has 1 saturated heterocycles. The van der Waals surface area contributed by atoms with Gasteiger partial charge < -0.3 is 10.1 Å². The molecule has 1 saturated carbocycles. The van der Waals surface area contributed by atoms with Crippen LogP contribution in [0.2, 0.25) is 0 Å². The van der Waals surface area contributed by atoms with Crippen LogP contribution in [0.5, 0.6) is 0 Å². The van der Waals surface area contributed by atoms with Crippen LogP contribution in [0.4, 0.5) is 0 Å². The minimum atomic E-state index is 0.166.